The summed E-state index contributed by atoms with van der Waals surface area (Å²) in [5.41, 5.74) is -1.19. The highest BCUT2D eigenvalue weighted by molar-refractivity contribution is 4.95. The van der Waals surface area contributed by atoms with E-state index in [2.05, 4.69) is 34.6 Å². The van der Waals surface area contributed by atoms with E-state index in [4.69, 9.17) is 0 Å². The second-order valence-corrected chi connectivity index (χ2v) is 4.86. The molecule has 0 aromatic heterocycles. The molecule has 1 unspecified atom stereocenters. The molecule has 0 fully saturated rings. The van der Waals surface area contributed by atoms with Gasteiger partial charge in [0.05, 0.1) is 0 Å². The van der Waals surface area contributed by atoms with Crippen LogP contribution in [0.1, 0.15) is 67.2 Å². The molecule has 0 spiro atoms. The maximum absolute atomic E-state index is 14.8. The lowest BCUT2D eigenvalue weighted by Gasteiger charge is -2.44. The standard InChI is InChI=1S/C13H27F/c1-7-11(8-2)13(6,14)12(5,9-3)10-4/h11H,7-10H2,1-6H3. The van der Waals surface area contributed by atoms with Crippen molar-refractivity contribution in [3.63, 3.8) is 0 Å². The highest BCUT2D eigenvalue weighted by Crippen LogP contribution is 2.47. The van der Waals surface area contributed by atoms with Crippen molar-refractivity contribution in [1.29, 1.82) is 0 Å². The van der Waals surface area contributed by atoms with Crippen LogP contribution in [0.25, 0.3) is 0 Å². The lowest BCUT2D eigenvalue weighted by molar-refractivity contribution is -0.0417. The molecule has 0 bridgehead atoms. The minimum Gasteiger partial charge on any atom is -0.243 e. The monoisotopic (exact) mass is 202 g/mol. The largest absolute Gasteiger partial charge is 0.243 e. The van der Waals surface area contributed by atoms with Crippen LogP contribution in [0.15, 0.2) is 0 Å². The second kappa shape index (κ2) is 5.14. The normalized spacial score (nSPS) is 17.1. The van der Waals surface area contributed by atoms with E-state index in [1.54, 1.807) is 6.92 Å². The lowest BCUT2D eigenvalue weighted by atomic mass is 9.65. The fourth-order valence-corrected chi connectivity index (χ4v) is 2.49. The van der Waals surface area contributed by atoms with Gasteiger partial charge in [0, 0.05) is 5.41 Å². The van der Waals surface area contributed by atoms with E-state index in [1.807, 2.05) is 0 Å². The Morgan fingerprint density at radius 1 is 0.929 bits per heavy atom. The Bertz CT molecular complexity index is 153. The Morgan fingerprint density at radius 2 is 1.29 bits per heavy atom. The average Bonchev–Trinajstić information content (AvgIpc) is 2.17. The predicted octanol–water partition coefficient (Wildman–Crippen LogP) is 4.98. The van der Waals surface area contributed by atoms with Crippen LogP contribution in [-0.4, -0.2) is 5.67 Å². The molecule has 0 aliphatic heterocycles. The summed E-state index contributed by atoms with van der Waals surface area (Å²) in [5.74, 6) is 0.201. The van der Waals surface area contributed by atoms with E-state index in [9.17, 15) is 4.39 Å². The molecule has 0 radical (unpaired) electrons. The fraction of sp³-hybridized carbons (Fsp3) is 1.00. The molecule has 0 aliphatic rings. The highest BCUT2D eigenvalue weighted by atomic mass is 19.1. The first kappa shape index (κ1) is 13.9. The van der Waals surface area contributed by atoms with Gasteiger partial charge in [0.1, 0.15) is 5.67 Å². The molecular formula is C13H27F. The van der Waals surface area contributed by atoms with E-state index in [-0.39, 0.29) is 11.3 Å². The van der Waals surface area contributed by atoms with Crippen LogP contribution >= 0.6 is 0 Å². The van der Waals surface area contributed by atoms with Crippen molar-refractivity contribution < 1.29 is 4.39 Å². The Hall–Kier alpha value is -0.0700. The average molecular weight is 202 g/mol. The smallest absolute Gasteiger partial charge is 0.116 e. The first-order chi connectivity index (χ1) is 6.39. The molecule has 14 heavy (non-hydrogen) atoms. The summed E-state index contributed by atoms with van der Waals surface area (Å²) in [6, 6.07) is 0. The van der Waals surface area contributed by atoms with E-state index in [0.717, 1.165) is 25.7 Å². The Balaban J connectivity index is 4.88. The van der Waals surface area contributed by atoms with Gasteiger partial charge in [-0.15, -0.1) is 0 Å². The van der Waals surface area contributed by atoms with Crippen LogP contribution in [0, 0.1) is 11.3 Å². The Morgan fingerprint density at radius 3 is 1.50 bits per heavy atom. The van der Waals surface area contributed by atoms with Gasteiger partial charge in [0.2, 0.25) is 0 Å². The molecule has 0 saturated carbocycles. The van der Waals surface area contributed by atoms with E-state index in [1.165, 1.54) is 0 Å². The van der Waals surface area contributed by atoms with Crippen molar-refractivity contribution in [2.24, 2.45) is 11.3 Å². The van der Waals surface area contributed by atoms with Gasteiger partial charge in [-0.2, -0.15) is 0 Å². The van der Waals surface area contributed by atoms with E-state index in [0.29, 0.717) is 0 Å². The fourth-order valence-electron chi connectivity index (χ4n) is 2.49. The van der Waals surface area contributed by atoms with Crippen molar-refractivity contribution in [1.82, 2.24) is 0 Å². The van der Waals surface area contributed by atoms with Crippen molar-refractivity contribution in [3.8, 4) is 0 Å². The molecule has 0 heterocycles. The molecule has 1 atom stereocenters. The first-order valence-electron chi connectivity index (χ1n) is 6.08. The van der Waals surface area contributed by atoms with Crippen LogP contribution < -0.4 is 0 Å². The third-order valence-corrected chi connectivity index (χ3v) is 4.49. The number of rotatable bonds is 6. The van der Waals surface area contributed by atoms with Crippen molar-refractivity contribution >= 4 is 0 Å². The molecule has 0 N–H and O–H groups in total. The van der Waals surface area contributed by atoms with Crippen molar-refractivity contribution in [2.75, 3.05) is 0 Å². The third kappa shape index (κ3) is 2.29. The molecule has 1 heteroatoms. The molecule has 0 nitrogen and oxygen atoms in total. The van der Waals surface area contributed by atoms with Gasteiger partial charge in [0.15, 0.2) is 0 Å². The van der Waals surface area contributed by atoms with Crippen LogP contribution in [0.2, 0.25) is 0 Å². The number of alkyl halides is 1. The summed E-state index contributed by atoms with van der Waals surface area (Å²) in [4.78, 5) is 0. The SMILES string of the molecule is CCC(CC)C(C)(F)C(C)(CC)CC. The van der Waals surface area contributed by atoms with Gasteiger partial charge in [0.25, 0.3) is 0 Å². The summed E-state index contributed by atoms with van der Waals surface area (Å²) in [7, 11) is 0. The van der Waals surface area contributed by atoms with Crippen LogP contribution in [0.5, 0.6) is 0 Å². The van der Waals surface area contributed by atoms with Crippen LogP contribution in [-0.2, 0) is 0 Å². The molecule has 0 aromatic carbocycles. The van der Waals surface area contributed by atoms with Crippen molar-refractivity contribution in [3.05, 3.63) is 0 Å². The molecule has 0 aromatic rings. The summed E-state index contributed by atoms with van der Waals surface area (Å²) in [6.45, 7) is 12.3. The maximum Gasteiger partial charge on any atom is 0.116 e. The summed E-state index contributed by atoms with van der Waals surface area (Å²) in [6.07, 6.45) is 3.73. The molecule has 0 saturated heterocycles. The van der Waals surface area contributed by atoms with Gasteiger partial charge in [-0.1, -0.05) is 47.5 Å². The molecule has 0 rings (SSSR count). The minimum absolute atomic E-state index is 0.163. The van der Waals surface area contributed by atoms with Gasteiger partial charge in [-0.05, 0) is 25.7 Å². The summed E-state index contributed by atoms with van der Waals surface area (Å²) >= 11 is 0. The van der Waals surface area contributed by atoms with Crippen molar-refractivity contribution in [2.45, 2.75) is 72.9 Å². The molecule has 0 amide bonds. The van der Waals surface area contributed by atoms with Crippen LogP contribution in [0.4, 0.5) is 4.39 Å². The van der Waals surface area contributed by atoms with Gasteiger partial charge in [-0.3, -0.25) is 0 Å². The highest BCUT2D eigenvalue weighted by Gasteiger charge is 2.46. The minimum atomic E-state index is -1.03. The summed E-state index contributed by atoms with van der Waals surface area (Å²) < 4.78 is 14.8. The Kier molecular flexibility index (Phi) is 5.11. The molecular weight excluding hydrogens is 175 g/mol. The topological polar surface area (TPSA) is 0 Å². The predicted molar refractivity (Wildman–Crippen MR) is 62.3 cm³/mol. The zero-order valence-electron chi connectivity index (χ0n) is 10.8. The summed E-state index contributed by atoms with van der Waals surface area (Å²) in [5, 5.41) is 0. The number of hydrogen-bond donors (Lipinski definition) is 0. The number of hydrogen-bond acceptors (Lipinski definition) is 0. The Labute approximate surface area is 89.3 Å². The lowest BCUT2D eigenvalue weighted by Crippen LogP contribution is -2.45. The van der Waals surface area contributed by atoms with Gasteiger partial charge in [-0.25, -0.2) is 4.39 Å². The molecule has 86 valence electrons. The zero-order valence-corrected chi connectivity index (χ0v) is 10.8. The zero-order chi connectivity index (χ0) is 11.4. The van der Waals surface area contributed by atoms with Gasteiger partial charge < -0.3 is 0 Å². The van der Waals surface area contributed by atoms with E-state index >= 15 is 0 Å². The molecule has 0 aliphatic carbocycles. The maximum atomic E-state index is 14.8. The van der Waals surface area contributed by atoms with E-state index < -0.39 is 5.67 Å². The first-order valence-corrected chi connectivity index (χ1v) is 6.08. The van der Waals surface area contributed by atoms with Crippen LogP contribution in [0.3, 0.4) is 0 Å². The quantitative estimate of drug-likeness (QED) is 0.570. The number of halogens is 1. The van der Waals surface area contributed by atoms with Gasteiger partial charge >= 0.3 is 0 Å². The second-order valence-electron chi connectivity index (χ2n) is 4.86. The third-order valence-electron chi connectivity index (χ3n) is 4.49.